The number of hydrogen-bond donors (Lipinski definition) is 1. The standard InChI is InChI=1S/C27H23NO3/c29-23(16-8-7-13-21-11-3-1-4-12-21)19-27(31)24-17-9-10-18-25(24)28(26(27)30)20-22-14-5-2-6-15-22/h1-18,31H,19-20H2/b13-7+,16-8+/t27-/m1/s1. The SMILES string of the molecule is O=C(/C=C/C=C/c1ccccc1)C[C@]1(O)C(=O)N(Cc2ccccc2)c2ccccc21. The Labute approximate surface area is 181 Å². The lowest BCUT2D eigenvalue weighted by Gasteiger charge is -2.22. The van der Waals surface area contributed by atoms with Crippen molar-refractivity contribution >= 4 is 23.5 Å². The van der Waals surface area contributed by atoms with Gasteiger partial charge in [-0.3, -0.25) is 9.59 Å². The molecule has 1 aliphatic heterocycles. The predicted molar refractivity (Wildman–Crippen MR) is 122 cm³/mol. The molecule has 0 saturated carbocycles. The first kappa shape index (κ1) is 20.5. The highest BCUT2D eigenvalue weighted by molar-refractivity contribution is 6.09. The van der Waals surface area contributed by atoms with Crippen molar-refractivity contribution in [1.82, 2.24) is 0 Å². The van der Waals surface area contributed by atoms with Gasteiger partial charge in [-0.2, -0.15) is 0 Å². The zero-order chi connectivity index (χ0) is 21.7. The van der Waals surface area contributed by atoms with Crippen LogP contribution in [0.2, 0.25) is 0 Å². The molecule has 4 nitrogen and oxygen atoms in total. The molecule has 0 bridgehead atoms. The number of benzene rings is 3. The molecule has 0 aliphatic carbocycles. The maximum absolute atomic E-state index is 13.2. The Morgan fingerprint density at radius 2 is 1.52 bits per heavy atom. The van der Waals surface area contributed by atoms with Crippen LogP contribution >= 0.6 is 0 Å². The topological polar surface area (TPSA) is 57.6 Å². The minimum Gasteiger partial charge on any atom is -0.375 e. The van der Waals surface area contributed by atoms with Gasteiger partial charge in [-0.1, -0.05) is 97.1 Å². The molecule has 1 N–H and O–H groups in total. The van der Waals surface area contributed by atoms with Crippen LogP contribution in [0.4, 0.5) is 5.69 Å². The van der Waals surface area contributed by atoms with E-state index in [1.165, 1.54) is 6.08 Å². The van der Waals surface area contributed by atoms with Gasteiger partial charge in [0, 0.05) is 5.56 Å². The zero-order valence-electron chi connectivity index (χ0n) is 17.0. The summed E-state index contributed by atoms with van der Waals surface area (Å²) in [5.74, 6) is -0.788. The normalized spacial score (nSPS) is 18.1. The lowest BCUT2D eigenvalue weighted by Crippen LogP contribution is -2.41. The molecule has 0 saturated heterocycles. The van der Waals surface area contributed by atoms with E-state index in [0.717, 1.165) is 11.1 Å². The second-order valence-electron chi connectivity index (χ2n) is 7.53. The van der Waals surface area contributed by atoms with Gasteiger partial charge in [-0.15, -0.1) is 0 Å². The third kappa shape index (κ3) is 4.39. The van der Waals surface area contributed by atoms with Gasteiger partial charge in [-0.05, 0) is 23.3 Å². The van der Waals surface area contributed by atoms with E-state index >= 15 is 0 Å². The lowest BCUT2D eigenvalue weighted by molar-refractivity contribution is -0.140. The number of amides is 1. The van der Waals surface area contributed by atoms with E-state index in [-0.39, 0.29) is 12.2 Å². The Morgan fingerprint density at radius 3 is 2.26 bits per heavy atom. The van der Waals surface area contributed by atoms with Gasteiger partial charge < -0.3 is 10.0 Å². The van der Waals surface area contributed by atoms with Gasteiger partial charge in [0.05, 0.1) is 18.7 Å². The Kier molecular flexibility index (Phi) is 5.92. The van der Waals surface area contributed by atoms with Gasteiger partial charge in [0.1, 0.15) is 0 Å². The molecule has 3 aromatic rings. The van der Waals surface area contributed by atoms with Crippen LogP contribution in [0, 0.1) is 0 Å². The lowest BCUT2D eigenvalue weighted by atomic mass is 9.90. The number of ketones is 1. The Bertz CT molecular complexity index is 1140. The first-order valence-corrected chi connectivity index (χ1v) is 10.2. The predicted octanol–water partition coefficient (Wildman–Crippen LogP) is 4.65. The molecule has 154 valence electrons. The maximum Gasteiger partial charge on any atom is 0.264 e. The molecule has 1 heterocycles. The van der Waals surface area contributed by atoms with Crippen molar-refractivity contribution in [2.45, 2.75) is 18.6 Å². The van der Waals surface area contributed by atoms with Crippen LogP contribution in [-0.2, 0) is 21.7 Å². The van der Waals surface area contributed by atoms with Crippen molar-refractivity contribution < 1.29 is 14.7 Å². The first-order chi connectivity index (χ1) is 15.1. The first-order valence-electron chi connectivity index (χ1n) is 10.2. The number of carbonyl (C=O) groups is 2. The second-order valence-corrected chi connectivity index (χ2v) is 7.53. The van der Waals surface area contributed by atoms with Crippen LogP contribution in [0.1, 0.15) is 23.1 Å². The van der Waals surface area contributed by atoms with E-state index < -0.39 is 11.5 Å². The quantitative estimate of drug-likeness (QED) is 0.456. The van der Waals surface area contributed by atoms with Crippen LogP contribution in [0.15, 0.2) is 103 Å². The van der Waals surface area contributed by atoms with E-state index in [2.05, 4.69) is 0 Å². The van der Waals surface area contributed by atoms with Crippen molar-refractivity contribution in [2.24, 2.45) is 0 Å². The Morgan fingerprint density at radius 1 is 0.871 bits per heavy atom. The third-order valence-electron chi connectivity index (χ3n) is 5.33. The average Bonchev–Trinajstić information content (AvgIpc) is 3.00. The Hall–Kier alpha value is -3.76. The highest BCUT2D eigenvalue weighted by Crippen LogP contribution is 2.43. The third-order valence-corrected chi connectivity index (χ3v) is 5.33. The number of rotatable bonds is 7. The van der Waals surface area contributed by atoms with Crippen molar-refractivity contribution in [1.29, 1.82) is 0 Å². The van der Waals surface area contributed by atoms with Gasteiger partial charge in [0.15, 0.2) is 11.4 Å². The number of para-hydroxylation sites is 1. The number of allylic oxidation sites excluding steroid dienone is 3. The van der Waals surface area contributed by atoms with Crippen molar-refractivity contribution in [3.05, 3.63) is 120 Å². The molecule has 0 aromatic heterocycles. The minimum atomic E-state index is -1.87. The van der Waals surface area contributed by atoms with Crippen LogP contribution in [0.25, 0.3) is 6.08 Å². The summed E-state index contributed by atoms with van der Waals surface area (Å²) < 4.78 is 0. The molecule has 31 heavy (non-hydrogen) atoms. The summed E-state index contributed by atoms with van der Waals surface area (Å²) >= 11 is 0. The number of aliphatic hydroxyl groups is 1. The van der Waals surface area contributed by atoms with Gasteiger partial charge in [-0.25, -0.2) is 0 Å². The van der Waals surface area contributed by atoms with E-state index in [0.29, 0.717) is 17.8 Å². The molecule has 4 rings (SSSR count). The number of hydrogen-bond acceptors (Lipinski definition) is 3. The number of fused-ring (bicyclic) bond motifs is 1. The van der Waals surface area contributed by atoms with Crippen LogP contribution in [-0.4, -0.2) is 16.8 Å². The minimum absolute atomic E-state index is 0.302. The molecular weight excluding hydrogens is 386 g/mol. The number of nitrogens with zero attached hydrogens (tertiary/aromatic N) is 1. The highest BCUT2D eigenvalue weighted by atomic mass is 16.3. The molecule has 0 fully saturated rings. The summed E-state index contributed by atoms with van der Waals surface area (Å²) in [6.45, 7) is 0.336. The molecule has 4 heteroatoms. The zero-order valence-corrected chi connectivity index (χ0v) is 17.0. The largest absolute Gasteiger partial charge is 0.375 e. The molecule has 1 amide bonds. The van der Waals surface area contributed by atoms with Gasteiger partial charge in [0.25, 0.3) is 5.91 Å². The van der Waals surface area contributed by atoms with Gasteiger partial charge in [0.2, 0.25) is 0 Å². The molecule has 0 spiro atoms. The smallest absolute Gasteiger partial charge is 0.264 e. The molecule has 1 atom stereocenters. The van der Waals surface area contributed by atoms with E-state index in [1.54, 1.807) is 35.3 Å². The Balaban J connectivity index is 1.52. The fraction of sp³-hybridized carbons (Fsp3) is 0.111. The van der Waals surface area contributed by atoms with Crippen molar-refractivity contribution in [2.75, 3.05) is 4.90 Å². The van der Waals surface area contributed by atoms with E-state index in [1.807, 2.05) is 72.8 Å². The highest BCUT2D eigenvalue weighted by Gasteiger charge is 2.50. The summed E-state index contributed by atoms with van der Waals surface area (Å²) in [4.78, 5) is 27.4. The second kappa shape index (κ2) is 8.94. The summed E-state index contributed by atoms with van der Waals surface area (Å²) in [5, 5.41) is 11.3. The monoisotopic (exact) mass is 409 g/mol. The molecule has 1 aliphatic rings. The molecule has 0 unspecified atom stereocenters. The number of carbonyl (C=O) groups excluding carboxylic acids is 2. The maximum atomic E-state index is 13.2. The van der Waals surface area contributed by atoms with Crippen LogP contribution in [0.3, 0.4) is 0 Å². The summed E-state index contributed by atoms with van der Waals surface area (Å²) in [6, 6.07) is 26.4. The van der Waals surface area contributed by atoms with Crippen LogP contribution in [0.5, 0.6) is 0 Å². The van der Waals surface area contributed by atoms with Crippen molar-refractivity contribution in [3.63, 3.8) is 0 Å². The van der Waals surface area contributed by atoms with E-state index in [9.17, 15) is 14.7 Å². The molecule has 0 radical (unpaired) electrons. The molecular formula is C27H23NO3. The van der Waals surface area contributed by atoms with E-state index in [4.69, 9.17) is 0 Å². The molecule has 3 aromatic carbocycles. The summed E-state index contributed by atoms with van der Waals surface area (Å²) in [5.41, 5.74) is 1.22. The fourth-order valence-corrected chi connectivity index (χ4v) is 3.81. The fourth-order valence-electron chi connectivity index (χ4n) is 3.81. The van der Waals surface area contributed by atoms with Crippen LogP contribution < -0.4 is 4.90 Å². The average molecular weight is 409 g/mol. The number of anilines is 1. The summed E-state index contributed by atoms with van der Waals surface area (Å²) in [6.07, 6.45) is 6.38. The van der Waals surface area contributed by atoms with Gasteiger partial charge >= 0.3 is 0 Å². The summed E-state index contributed by atoms with van der Waals surface area (Å²) in [7, 11) is 0. The van der Waals surface area contributed by atoms with Crippen molar-refractivity contribution in [3.8, 4) is 0 Å².